The van der Waals surface area contributed by atoms with Crippen molar-refractivity contribution in [1.82, 2.24) is 5.32 Å². The van der Waals surface area contributed by atoms with Crippen LogP contribution in [0, 0.1) is 17.4 Å². The molecule has 0 saturated carbocycles. The summed E-state index contributed by atoms with van der Waals surface area (Å²) >= 11 is 3.18. The van der Waals surface area contributed by atoms with Gasteiger partial charge in [-0.25, -0.2) is 4.79 Å². The van der Waals surface area contributed by atoms with Crippen LogP contribution in [0.25, 0.3) is 0 Å². The molecule has 0 atom stereocenters. The summed E-state index contributed by atoms with van der Waals surface area (Å²) in [6, 6.07) is 0. The number of thiol groups is 1. The van der Waals surface area contributed by atoms with Gasteiger partial charge in [0.1, 0.15) is 0 Å². The van der Waals surface area contributed by atoms with Crippen LogP contribution >= 0.6 is 12.6 Å². The molecule has 4 nitrogen and oxygen atoms in total. The smallest absolute Gasteiger partial charge is 0.336 e. The van der Waals surface area contributed by atoms with Gasteiger partial charge in [-0.3, -0.25) is 0 Å². The van der Waals surface area contributed by atoms with E-state index in [4.69, 9.17) is 0 Å². The van der Waals surface area contributed by atoms with Crippen molar-refractivity contribution >= 4 is 24.2 Å². The Labute approximate surface area is 150 Å². The molecule has 0 aromatic heterocycles. The topological polar surface area (TPSA) is 55.4 Å². The third-order valence-corrected chi connectivity index (χ3v) is 1.99. The molecule has 0 aliphatic carbocycles. The maximum Gasteiger partial charge on any atom is 0.336 e. The number of nitrogens with one attached hydrogen (secondary N) is 1. The quantitative estimate of drug-likeness (QED) is 0.264. The van der Waals surface area contributed by atoms with Gasteiger partial charge in [-0.15, -0.1) is 0 Å². The van der Waals surface area contributed by atoms with Gasteiger partial charge in [0.05, 0.1) is 0 Å². The van der Waals surface area contributed by atoms with Crippen molar-refractivity contribution in [2.24, 2.45) is 10.8 Å². The Morgan fingerprint density at radius 2 is 1.67 bits per heavy atom. The molecule has 0 spiro atoms. The van der Waals surface area contributed by atoms with Crippen LogP contribution in [0.3, 0.4) is 0 Å². The number of hydrogen-bond acceptors (Lipinski definition) is 4. The van der Waals surface area contributed by atoms with Gasteiger partial charge in [0, 0.05) is 27.4 Å². The van der Waals surface area contributed by atoms with Crippen LogP contribution in [-0.2, 0) is 30.6 Å². The first kappa shape index (κ1) is 29.1. The fraction of sp³-hybridized carbons (Fsp3) is 0.800. The van der Waals surface area contributed by atoms with Crippen LogP contribution in [0.2, 0.25) is 0 Å². The molecule has 0 fully saturated rings. The zero-order valence-electron chi connectivity index (χ0n) is 14.6. The zero-order chi connectivity index (χ0) is 16.8. The van der Waals surface area contributed by atoms with E-state index in [1.807, 2.05) is 20.9 Å². The molecule has 0 unspecified atom stereocenters. The van der Waals surface area contributed by atoms with E-state index in [2.05, 4.69) is 57.3 Å². The summed E-state index contributed by atoms with van der Waals surface area (Å²) in [6.07, 6.45) is 1.62. The third-order valence-electron chi connectivity index (χ3n) is 1.89. The van der Waals surface area contributed by atoms with Gasteiger partial charge in [-0.05, 0) is 30.8 Å². The van der Waals surface area contributed by atoms with Gasteiger partial charge < -0.3 is 14.8 Å². The van der Waals surface area contributed by atoms with E-state index in [-0.39, 0.29) is 21.1 Å². The minimum atomic E-state index is -0.785. The summed E-state index contributed by atoms with van der Waals surface area (Å²) in [5.74, 6) is 0. The summed E-state index contributed by atoms with van der Waals surface area (Å²) in [6.45, 7) is 17.3. The monoisotopic (exact) mass is 490 g/mol. The molecule has 0 aliphatic rings. The standard InChI is InChI=1S/C10H23N.C3H3O3S.C2H6.W/c1-9(2,3)7-10(4,5)8-11-6;4-1-2-6-3(5)7;1-2;/h11H,7-8H2,1-6H3;1-2H,(H,5,7);1-2H3;/q;-1;;. The summed E-state index contributed by atoms with van der Waals surface area (Å²) in [5, 5.41) is 2.45. The molecule has 0 rings (SSSR count). The molecule has 0 radical (unpaired) electrons. The van der Waals surface area contributed by atoms with Crippen molar-refractivity contribution in [2.45, 2.75) is 54.9 Å². The normalized spacial score (nSPS) is 9.76. The molecule has 0 saturated heterocycles. The van der Waals surface area contributed by atoms with E-state index in [1.165, 1.54) is 6.42 Å². The molecular weight excluding hydrogens is 458 g/mol. The van der Waals surface area contributed by atoms with Crippen molar-refractivity contribution in [3.8, 4) is 0 Å². The summed E-state index contributed by atoms with van der Waals surface area (Å²) in [5.41, 5.74) is 0.868. The average Bonchev–Trinajstić information content (AvgIpc) is 2.26. The number of carbonyl (C=O) groups is 2. The SMILES string of the molecule is CC.CNCC(C)(C)CC(C)(C)C.O=C[CH-]OC(=O)S.[W]. The maximum absolute atomic E-state index is 9.65. The van der Waals surface area contributed by atoms with Crippen LogP contribution < -0.4 is 5.32 Å². The van der Waals surface area contributed by atoms with Gasteiger partial charge in [-0.2, -0.15) is 6.61 Å². The molecule has 1 N–H and O–H groups in total. The Morgan fingerprint density at radius 3 is 1.86 bits per heavy atom. The van der Waals surface area contributed by atoms with Crippen LogP contribution in [-0.4, -0.2) is 25.2 Å². The van der Waals surface area contributed by atoms with Crippen molar-refractivity contribution in [3.05, 3.63) is 6.61 Å². The number of rotatable bonds is 5. The first-order chi connectivity index (χ1) is 9.04. The number of ether oxygens (including phenoxy) is 1. The second-order valence-corrected chi connectivity index (χ2v) is 6.45. The second kappa shape index (κ2) is 16.4. The average molecular weight is 490 g/mol. The second-order valence-electron chi connectivity index (χ2n) is 6.09. The van der Waals surface area contributed by atoms with E-state index in [0.29, 0.717) is 17.1 Å². The minimum absolute atomic E-state index is 0. The van der Waals surface area contributed by atoms with Gasteiger partial charge in [0.15, 0.2) is 0 Å². The van der Waals surface area contributed by atoms with Crippen molar-refractivity contribution in [1.29, 1.82) is 0 Å². The van der Waals surface area contributed by atoms with Crippen LogP contribution in [0.15, 0.2) is 0 Å². The Balaban J connectivity index is -0.000000126. The van der Waals surface area contributed by atoms with Gasteiger partial charge in [-0.1, -0.05) is 61.1 Å². The predicted molar refractivity (Wildman–Crippen MR) is 89.0 cm³/mol. The molecule has 0 aromatic rings. The van der Waals surface area contributed by atoms with Gasteiger partial charge in [0.2, 0.25) is 0 Å². The third kappa shape index (κ3) is 33.1. The molecule has 21 heavy (non-hydrogen) atoms. The zero-order valence-corrected chi connectivity index (χ0v) is 18.5. The molecule has 0 bridgehead atoms. The minimum Gasteiger partial charge on any atom is -0.603 e. The largest absolute Gasteiger partial charge is 0.603 e. The summed E-state index contributed by atoms with van der Waals surface area (Å²) in [4.78, 5) is 19.0. The number of carbonyl (C=O) groups excluding carboxylic acids is 2. The van der Waals surface area contributed by atoms with Crippen LogP contribution in [0.4, 0.5) is 4.79 Å². The molecule has 128 valence electrons. The van der Waals surface area contributed by atoms with Gasteiger partial charge in [0.25, 0.3) is 0 Å². The number of aldehydes is 1. The van der Waals surface area contributed by atoms with Crippen molar-refractivity contribution in [2.75, 3.05) is 13.6 Å². The first-order valence-electron chi connectivity index (χ1n) is 6.85. The Morgan fingerprint density at radius 1 is 1.24 bits per heavy atom. The predicted octanol–water partition coefficient (Wildman–Crippen LogP) is 4.11. The van der Waals surface area contributed by atoms with Gasteiger partial charge >= 0.3 is 5.30 Å². The Bertz CT molecular complexity index is 254. The molecule has 0 amide bonds. The summed E-state index contributed by atoms with van der Waals surface area (Å²) < 4.78 is 3.92. The Hall–Kier alpha value is 0.00831. The molecular formula is C15H32NO3SW-. The van der Waals surface area contributed by atoms with E-state index in [9.17, 15) is 9.59 Å². The van der Waals surface area contributed by atoms with Crippen LogP contribution in [0.1, 0.15) is 54.9 Å². The van der Waals surface area contributed by atoms with E-state index < -0.39 is 5.30 Å². The summed E-state index contributed by atoms with van der Waals surface area (Å²) in [7, 11) is 2.02. The van der Waals surface area contributed by atoms with E-state index in [0.717, 1.165) is 13.2 Å². The van der Waals surface area contributed by atoms with Crippen molar-refractivity contribution in [3.63, 3.8) is 0 Å². The molecule has 0 aromatic carbocycles. The first-order valence-corrected chi connectivity index (χ1v) is 7.30. The fourth-order valence-corrected chi connectivity index (χ4v) is 2.12. The van der Waals surface area contributed by atoms with E-state index >= 15 is 0 Å². The number of hydrogen-bond donors (Lipinski definition) is 2. The van der Waals surface area contributed by atoms with E-state index in [1.54, 1.807) is 0 Å². The maximum atomic E-state index is 9.65. The Kier molecular flexibility index (Phi) is 22.7. The fourth-order valence-electron chi connectivity index (χ4n) is 2.06. The van der Waals surface area contributed by atoms with Crippen LogP contribution in [0.5, 0.6) is 0 Å². The molecule has 0 heterocycles. The van der Waals surface area contributed by atoms with Crippen molar-refractivity contribution < 1.29 is 35.4 Å². The molecule has 0 aliphatic heterocycles. The molecule has 6 heteroatoms.